The summed E-state index contributed by atoms with van der Waals surface area (Å²) < 4.78 is 27.4. The lowest BCUT2D eigenvalue weighted by Crippen LogP contribution is -2.04. The lowest BCUT2D eigenvalue weighted by molar-refractivity contribution is 0.598. The molecule has 0 aliphatic heterocycles. The molecule has 0 aliphatic carbocycles. The number of hydrogen-bond donors (Lipinski definition) is 2. The van der Waals surface area contributed by atoms with Crippen molar-refractivity contribution in [1.29, 1.82) is 0 Å². The van der Waals surface area contributed by atoms with E-state index in [1.54, 1.807) is 18.2 Å². The van der Waals surface area contributed by atoms with Crippen molar-refractivity contribution in [3.05, 3.63) is 52.5 Å². The van der Waals surface area contributed by atoms with Gasteiger partial charge in [-0.25, -0.2) is 18.7 Å². The second-order valence-electron chi connectivity index (χ2n) is 4.32. The molecule has 3 rings (SSSR count). The largest absolute Gasteiger partial charge is 0.381 e. The molecule has 0 saturated carbocycles. The van der Waals surface area contributed by atoms with Gasteiger partial charge in [-0.2, -0.15) is 0 Å². The zero-order valence-corrected chi connectivity index (χ0v) is 12.2. The number of aromatic nitrogens is 2. The number of para-hydroxylation sites is 2. The highest BCUT2D eigenvalue weighted by Crippen LogP contribution is 2.27. The molecular formula is C14H9BrF2N4. The minimum Gasteiger partial charge on any atom is -0.381 e. The van der Waals surface area contributed by atoms with Crippen molar-refractivity contribution in [1.82, 2.24) is 9.97 Å². The third kappa shape index (κ3) is 2.64. The van der Waals surface area contributed by atoms with Gasteiger partial charge in [-0.15, -0.1) is 0 Å². The Hall–Kier alpha value is -2.28. The highest BCUT2D eigenvalue weighted by molar-refractivity contribution is 9.10. The fraction of sp³-hybridized carbons (Fsp3) is 0. The number of nitrogens with one attached hydrogen (secondary N) is 1. The zero-order chi connectivity index (χ0) is 15.0. The highest BCUT2D eigenvalue weighted by Gasteiger charge is 2.12. The molecule has 0 bridgehead atoms. The molecule has 0 unspecified atom stereocenters. The SMILES string of the molecule is Nc1nc2ccccc2nc1Nc1cc(F)c(Br)cc1F. The average molecular weight is 351 g/mol. The molecule has 1 heterocycles. The van der Waals surface area contributed by atoms with Gasteiger partial charge in [0.15, 0.2) is 11.6 Å². The van der Waals surface area contributed by atoms with Gasteiger partial charge >= 0.3 is 0 Å². The van der Waals surface area contributed by atoms with E-state index < -0.39 is 11.6 Å². The van der Waals surface area contributed by atoms with Crippen molar-refractivity contribution in [2.75, 3.05) is 11.1 Å². The predicted molar refractivity (Wildman–Crippen MR) is 81.3 cm³/mol. The van der Waals surface area contributed by atoms with Crippen LogP contribution in [-0.4, -0.2) is 9.97 Å². The van der Waals surface area contributed by atoms with Crippen molar-refractivity contribution >= 4 is 44.3 Å². The molecule has 0 aliphatic rings. The first-order valence-corrected chi connectivity index (χ1v) is 6.78. The number of rotatable bonds is 2. The second-order valence-corrected chi connectivity index (χ2v) is 5.17. The molecule has 21 heavy (non-hydrogen) atoms. The molecule has 106 valence electrons. The minimum absolute atomic E-state index is 0.0446. The van der Waals surface area contributed by atoms with Gasteiger partial charge < -0.3 is 11.1 Å². The van der Waals surface area contributed by atoms with E-state index in [1.807, 2.05) is 6.07 Å². The molecular weight excluding hydrogens is 342 g/mol. The zero-order valence-electron chi connectivity index (χ0n) is 10.6. The van der Waals surface area contributed by atoms with Gasteiger partial charge in [0.25, 0.3) is 0 Å². The van der Waals surface area contributed by atoms with Crippen LogP contribution in [-0.2, 0) is 0 Å². The number of nitrogens with two attached hydrogens (primary N) is 1. The number of anilines is 3. The van der Waals surface area contributed by atoms with Gasteiger partial charge in [-0.1, -0.05) is 12.1 Å². The summed E-state index contributed by atoms with van der Waals surface area (Å²) in [6, 6.07) is 9.19. The van der Waals surface area contributed by atoms with Crippen molar-refractivity contribution in [2.24, 2.45) is 0 Å². The van der Waals surface area contributed by atoms with Crippen LogP contribution in [0.25, 0.3) is 11.0 Å². The van der Waals surface area contributed by atoms with Crippen LogP contribution in [0.2, 0.25) is 0 Å². The molecule has 0 radical (unpaired) electrons. The van der Waals surface area contributed by atoms with Gasteiger partial charge in [-0.3, -0.25) is 0 Å². The fourth-order valence-corrected chi connectivity index (χ4v) is 2.17. The van der Waals surface area contributed by atoms with Crippen molar-refractivity contribution < 1.29 is 8.78 Å². The number of benzene rings is 2. The summed E-state index contributed by atoms with van der Waals surface area (Å²) in [5.41, 5.74) is 6.96. The van der Waals surface area contributed by atoms with Crippen LogP contribution in [0.4, 0.5) is 26.1 Å². The predicted octanol–water partition coefficient (Wildman–Crippen LogP) is 4.00. The summed E-state index contributed by atoms with van der Waals surface area (Å²) >= 11 is 2.92. The van der Waals surface area contributed by atoms with Gasteiger partial charge in [0.1, 0.15) is 11.6 Å². The summed E-state index contributed by atoms with van der Waals surface area (Å²) in [6.07, 6.45) is 0. The van der Waals surface area contributed by atoms with Crippen LogP contribution >= 0.6 is 15.9 Å². The summed E-state index contributed by atoms with van der Waals surface area (Å²) in [5, 5.41) is 2.67. The Morgan fingerprint density at radius 2 is 1.67 bits per heavy atom. The first-order chi connectivity index (χ1) is 10.0. The van der Waals surface area contributed by atoms with Crippen molar-refractivity contribution in [2.45, 2.75) is 0 Å². The van der Waals surface area contributed by atoms with E-state index in [0.29, 0.717) is 11.0 Å². The number of halogens is 3. The molecule has 3 aromatic rings. The Labute approximate surface area is 127 Å². The summed E-state index contributed by atoms with van der Waals surface area (Å²) in [5.74, 6) is -0.936. The van der Waals surface area contributed by atoms with Gasteiger partial charge in [0.2, 0.25) is 0 Å². The number of hydrogen-bond acceptors (Lipinski definition) is 4. The second kappa shape index (κ2) is 5.25. The molecule has 1 aromatic heterocycles. The number of fused-ring (bicyclic) bond motifs is 1. The third-order valence-electron chi connectivity index (χ3n) is 2.86. The Bertz CT molecular complexity index is 839. The van der Waals surface area contributed by atoms with Crippen LogP contribution in [0.5, 0.6) is 0 Å². The fourth-order valence-electron chi connectivity index (χ4n) is 1.85. The van der Waals surface area contributed by atoms with Gasteiger partial charge in [0.05, 0.1) is 21.2 Å². The molecule has 3 N–H and O–H groups in total. The highest BCUT2D eigenvalue weighted by atomic mass is 79.9. The van der Waals surface area contributed by atoms with E-state index >= 15 is 0 Å². The summed E-state index contributed by atoms with van der Waals surface area (Å²) in [6.45, 7) is 0. The van der Waals surface area contributed by atoms with E-state index in [0.717, 1.165) is 12.1 Å². The van der Waals surface area contributed by atoms with Crippen molar-refractivity contribution in [3.63, 3.8) is 0 Å². The van der Waals surface area contributed by atoms with E-state index in [2.05, 4.69) is 31.2 Å². The Balaban J connectivity index is 2.05. The first kappa shape index (κ1) is 13.7. The summed E-state index contributed by atoms with van der Waals surface area (Å²) in [4.78, 5) is 8.43. The molecule has 2 aromatic carbocycles. The maximum absolute atomic E-state index is 13.8. The quantitative estimate of drug-likeness (QED) is 0.685. The Morgan fingerprint density at radius 1 is 1.00 bits per heavy atom. The van der Waals surface area contributed by atoms with Gasteiger partial charge in [0, 0.05) is 6.07 Å². The maximum atomic E-state index is 13.8. The Kier molecular flexibility index (Phi) is 3.42. The maximum Gasteiger partial charge on any atom is 0.174 e. The molecule has 0 spiro atoms. The topological polar surface area (TPSA) is 63.8 Å². The lowest BCUT2D eigenvalue weighted by Gasteiger charge is -2.10. The molecule has 0 saturated heterocycles. The number of nitrogen functional groups attached to an aromatic ring is 1. The third-order valence-corrected chi connectivity index (χ3v) is 3.47. The lowest BCUT2D eigenvalue weighted by atomic mass is 10.3. The monoisotopic (exact) mass is 350 g/mol. The van der Waals surface area contributed by atoms with Crippen LogP contribution in [0.15, 0.2) is 40.9 Å². The van der Waals surface area contributed by atoms with E-state index in [4.69, 9.17) is 5.73 Å². The molecule has 4 nitrogen and oxygen atoms in total. The first-order valence-electron chi connectivity index (χ1n) is 5.98. The molecule has 0 fully saturated rings. The van der Waals surface area contributed by atoms with E-state index in [9.17, 15) is 8.78 Å². The minimum atomic E-state index is -0.627. The van der Waals surface area contributed by atoms with Crippen LogP contribution in [0.3, 0.4) is 0 Å². The molecule has 0 amide bonds. The van der Waals surface area contributed by atoms with E-state index in [-0.39, 0.29) is 21.8 Å². The molecule has 0 atom stereocenters. The van der Waals surface area contributed by atoms with E-state index in [1.165, 1.54) is 0 Å². The van der Waals surface area contributed by atoms with Crippen molar-refractivity contribution in [3.8, 4) is 0 Å². The van der Waals surface area contributed by atoms with Crippen LogP contribution < -0.4 is 11.1 Å². The summed E-state index contributed by atoms with van der Waals surface area (Å²) in [7, 11) is 0. The van der Waals surface area contributed by atoms with Crippen LogP contribution in [0, 0.1) is 11.6 Å². The van der Waals surface area contributed by atoms with Crippen LogP contribution in [0.1, 0.15) is 0 Å². The molecule has 7 heteroatoms. The normalized spacial score (nSPS) is 10.8. The average Bonchev–Trinajstić information content (AvgIpc) is 2.45. The van der Waals surface area contributed by atoms with Gasteiger partial charge in [-0.05, 0) is 34.1 Å². The smallest absolute Gasteiger partial charge is 0.174 e. The number of nitrogens with zero attached hydrogens (tertiary/aromatic N) is 2. The Morgan fingerprint density at radius 3 is 2.38 bits per heavy atom. The standard InChI is InChI=1S/C14H9BrF2N4/c15-7-5-9(17)12(6-8(7)16)21-14-13(18)19-10-3-1-2-4-11(10)20-14/h1-6H,(H2,18,19)(H,20,21).